The van der Waals surface area contributed by atoms with Gasteiger partial charge in [0.2, 0.25) is 5.88 Å². The van der Waals surface area contributed by atoms with Crippen molar-refractivity contribution in [3.8, 4) is 23.1 Å². The van der Waals surface area contributed by atoms with Gasteiger partial charge in [-0.2, -0.15) is 18.4 Å². The van der Waals surface area contributed by atoms with E-state index in [2.05, 4.69) is 4.98 Å². The van der Waals surface area contributed by atoms with Crippen molar-refractivity contribution in [2.75, 3.05) is 24.6 Å². The molecule has 1 fully saturated rings. The molecule has 8 heteroatoms. The molecule has 2 aromatic carbocycles. The minimum atomic E-state index is -4.50. The van der Waals surface area contributed by atoms with Crippen molar-refractivity contribution in [2.45, 2.75) is 31.5 Å². The van der Waals surface area contributed by atoms with Crippen LogP contribution in [0.1, 0.15) is 36.5 Å². The van der Waals surface area contributed by atoms with Gasteiger partial charge in [0.25, 0.3) is 0 Å². The zero-order valence-corrected chi connectivity index (χ0v) is 18.6. The maximum absolute atomic E-state index is 13.0. The van der Waals surface area contributed by atoms with Gasteiger partial charge in [-0.15, -0.1) is 0 Å². The van der Waals surface area contributed by atoms with E-state index in [0.717, 1.165) is 28.8 Å². The van der Waals surface area contributed by atoms with Gasteiger partial charge in [-0.1, -0.05) is 24.3 Å². The molecule has 0 atom stereocenters. The van der Waals surface area contributed by atoms with E-state index >= 15 is 0 Å². The lowest BCUT2D eigenvalue weighted by Crippen LogP contribution is -2.43. The third-order valence-electron chi connectivity index (χ3n) is 6.16. The van der Waals surface area contributed by atoms with Crippen LogP contribution in [-0.2, 0) is 11.8 Å². The molecule has 3 aromatic rings. The van der Waals surface area contributed by atoms with Gasteiger partial charge in [-0.05, 0) is 61.2 Å². The number of hydrogen-bond acceptors (Lipinski definition) is 5. The van der Waals surface area contributed by atoms with Crippen LogP contribution in [0.5, 0.6) is 5.88 Å². The van der Waals surface area contributed by atoms with Crippen LogP contribution < -0.4 is 9.64 Å². The second kappa shape index (κ2) is 9.35. The summed E-state index contributed by atoms with van der Waals surface area (Å²) in [7, 11) is 0. The van der Waals surface area contributed by atoms with Crippen molar-refractivity contribution >= 4 is 5.69 Å². The lowest BCUT2D eigenvalue weighted by molar-refractivity contribution is -0.137. The molecule has 0 amide bonds. The summed E-state index contributed by atoms with van der Waals surface area (Å²) in [4.78, 5) is 6.13. The normalized spacial score (nSPS) is 15.6. The Hall–Kier alpha value is -3.57. The van der Waals surface area contributed by atoms with Crippen LogP contribution in [0, 0.1) is 11.3 Å². The number of alkyl halides is 3. The van der Waals surface area contributed by atoms with E-state index in [0.29, 0.717) is 44.1 Å². The Kier molecular flexibility index (Phi) is 6.49. The van der Waals surface area contributed by atoms with Gasteiger partial charge in [0.05, 0.1) is 29.0 Å². The lowest BCUT2D eigenvalue weighted by Gasteiger charge is -2.40. The third-order valence-corrected chi connectivity index (χ3v) is 6.16. The SMILES string of the molecule is CCOc1ncccc1-c1ccc(C2(O)CCN(c3ccc(C(F)(F)F)cc3C#N)CC2)cc1. The first kappa shape index (κ1) is 23.6. The zero-order valence-electron chi connectivity index (χ0n) is 18.6. The van der Waals surface area contributed by atoms with Crippen molar-refractivity contribution in [3.63, 3.8) is 0 Å². The van der Waals surface area contributed by atoms with Gasteiger partial charge in [-0.25, -0.2) is 4.98 Å². The minimum absolute atomic E-state index is 0.0220. The largest absolute Gasteiger partial charge is 0.478 e. The van der Waals surface area contributed by atoms with E-state index in [9.17, 15) is 23.5 Å². The molecule has 0 saturated carbocycles. The summed E-state index contributed by atoms with van der Waals surface area (Å²) >= 11 is 0. The fraction of sp³-hybridized carbons (Fsp3) is 0.308. The highest BCUT2D eigenvalue weighted by Gasteiger charge is 2.36. The fourth-order valence-electron chi connectivity index (χ4n) is 4.31. The van der Waals surface area contributed by atoms with Gasteiger partial charge in [0.1, 0.15) is 6.07 Å². The number of pyridine rings is 1. The molecule has 0 unspecified atom stereocenters. The molecular formula is C26H24F3N3O2. The quantitative estimate of drug-likeness (QED) is 0.535. The maximum Gasteiger partial charge on any atom is 0.416 e. The standard InChI is InChI=1S/C26H24F3N3O2/c1-2-34-24-22(4-3-13-31-24)18-5-7-20(8-6-18)25(33)11-14-32(15-12-25)23-10-9-21(26(27,28)29)16-19(23)17-30/h3-10,13,16,33H,2,11-12,14-15H2,1H3. The molecule has 1 aromatic heterocycles. The van der Waals surface area contributed by atoms with Gasteiger partial charge >= 0.3 is 6.18 Å². The van der Waals surface area contributed by atoms with E-state index in [1.165, 1.54) is 6.07 Å². The third kappa shape index (κ3) is 4.70. The van der Waals surface area contributed by atoms with Crippen LogP contribution in [0.15, 0.2) is 60.8 Å². The average molecular weight is 467 g/mol. The molecular weight excluding hydrogens is 443 g/mol. The predicted octanol–water partition coefficient (Wildman–Crippen LogP) is 5.53. The van der Waals surface area contributed by atoms with E-state index in [1.807, 2.05) is 54.3 Å². The molecule has 1 aliphatic heterocycles. The highest BCUT2D eigenvalue weighted by molar-refractivity contribution is 5.68. The number of anilines is 1. The Morgan fingerprint density at radius 2 is 1.82 bits per heavy atom. The second-order valence-electron chi connectivity index (χ2n) is 8.23. The van der Waals surface area contributed by atoms with Crippen molar-refractivity contribution in [3.05, 3.63) is 77.5 Å². The van der Waals surface area contributed by atoms with Gasteiger partial charge in [-0.3, -0.25) is 0 Å². The topological polar surface area (TPSA) is 69.4 Å². The number of ether oxygens (including phenoxy) is 1. The predicted molar refractivity (Wildman–Crippen MR) is 122 cm³/mol. The zero-order chi connectivity index (χ0) is 24.3. The molecule has 176 valence electrons. The maximum atomic E-state index is 13.0. The van der Waals surface area contributed by atoms with Crippen LogP contribution in [0.2, 0.25) is 0 Å². The van der Waals surface area contributed by atoms with Crippen LogP contribution in [-0.4, -0.2) is 29.8 Å². The Bertz CT molecular complexity index is 1200. The molecule has 0 radical (unpaired) electrons. The Morgan fingerprint density at radius 3 is 2.44 bits per heavy atom. The van der Waals surface area contributed by atoms with Crippen LogP contribution in [0.3, 0.4) is 0 Å². The summed E-state index contributed by atoms with van der Waals surface area (Å²) < 4.78 is 44.6. The second-order valence-corrected chi connectivity index (χ2v) is 8.23. The van der Waals surface area contributed by atoms with E-state index in [-0.39, 0.29) is 5.56 Å². The average Bonchev–Trinajstić information content (AvgIpc) is 2.84. The molecule has 5 nitrogen and oxygen atoms in total. The van der Waals surface area contributed by atoms with E-state index in [1.54, 1.807) is 6.20 Å². The number of aromatic nitrogens is 1. The number of nitriles is 1. The van der Waals surface area contributed by atoms with Crippen molar-refractivity contribution < 1.29 is 23.0 Å². The molecule has 1 N–H and O–H groups in total. The van der Waals surface area contributed by atoms with E-state index < -0.39 is 17.3 Å². The molecule has 2 heterocycles. The number of halogens is 3. The van der Waals surface area contributed by atoms with Crippen LogP contribution in [0.4, 0.5) is 18.9 Å². The summed E-state index contributed by atoms with van der Waals surface area (Å²) in [6.45, 7) is 3.23. The number of piperidine rings is 1. The van der Waals surface area contributed by atoms with Crippen molar-refractivity contribution in [1.82, 2.24) is 4.98 Å². The number of rotatable bonds is 5. The summed E-state index contributed by atoms with van der Waals surface area (Å²) in [6, 6.07) is 16.4. The molecule has 0 bridgehead atoms. The van der Waals surface area contributed by atoms with Crippen LogP contribution in [0.25, 0.3) is 11.1 Å². The Balaban J connectivity index is 1.50. The molecule has 0 spiro atoms. The van der Waals surface area contributed by atoms with Gasteiger partial charge in [0, 0.05) is 24.8 Å². The highest BCUT2D eigenvalue weighted by Crippen LogP contribution is 2.38. The molecule has 34 heavy (non-hydrogen) atoms. The lowest BCUT2D eigenvalue weighted by atomic mass is 9.83. The number of aliphatic hydroxyl groups is 1. The molecule has 1 saturated heterocycles. The number of benzene rings is 2. The van der Waals surface area contributed by atoms with Gasteiger partial charge < -0.3 is 14.7 Å². The summed E-state index contributed by atoms with van der Waals surface area (Å²) in [5.41, 5.74) is 1.08. The van der Waals surface area contributed by atoms with Crippen LogP contribution >= 0.6 is 0 Å². The van der Waals surface area contributed by atoms with Crippen molar-refractivity contribution in [1.29, 1.82) is 5.26 Å². The minimum Gasteiger partial charge on any atom is -0.478 e. The number of nitrogens with zero attached hydrogens (tertiary/aromatic N) is 3. The molecule has 4 rings (SSSR count). The molecule has 1 aliphatic rings. The van der Waals surface area contributed by atoms with E-state index in [4.69, 9.17) is 4.74 Å². The Morgan fingerprint density at radius 1 is 1.12 bits per heavy atom. The smallest absolute Gasteiger partial charge is 0.416 e. The Labute approximate surface area is 196 Å². The highest BCUT2D eigenvalue weighted by atomic mass is 19.4. The first-order valence-corrected chi connectivity index (χ1v) is 11.0. The van der Waals surface area contributed by atoms with Crippen molar-refractivity contribution in [2.24, 2.45) is 0 Å². The monoisotopic (exact) mass is 467 g/mol. The molecule has 0 aliphatic carbocycles. The summed E-state index contributed by atoms with van der Waals surface area (Å²) in [5.74, 6) is 0.551. The first-order chi connectivity index (χ1) is 16.2. The number of hydrogen-bond donors (Lipinski definition) is 1. The van der Waals surface area contributed by atoms with Gasteiger partial charge in [0.15, 0.2) is 0 Å². The summed E-state index contributed by atoms with van der Waals surface area (Å²) in [6.07, 6.45) is -2.06. The first-order valence-electron chi connectivity index (χ1n) is 11.0. The summed E-state index contributed by atoms with van der Waals surface area (Å²) in [5, 5.41) is 20.7. The fourth-order valence-corrected chi connectivity index (χ4v) is 4.31.